The van der Waals surface area contributed by atoms with E-state index in [0.717, 1.165) is 38.3 Å². The highest BCUT2D eigenvalue weighted by molar-refractivity contribution is 7.99. The number of aromatic nitrogens is 3. The van der Waals surface area contributed by atoms with E-state index in [2.05, 4.69) is 35.4 Å². The summed E-state index contributed by atoms with van der Waals surface area (Å²) in [6.45, 7) is 2.04. The van der Waals surface area contributed by atoms with Gasteiger partial charge in [-0.25, -0.2) is 4.98 Å². The summed E-state index contributed by atoms with van der Waals surface area (Å²) >= 11 is 1.74. The van der Waals surface area contributed by atoms with E-state index in [0.29, 0.717) is 0 Å². The molecule has 0 aliphatic rings. The molecule has 0 bridgehead atoms. The lowest BCUT2D eigenvalue weighted by molar-refractivity contribution is 0.414. The third kappa shape index (κ3) is 2.41. The minimum atomic E-state index is 0.863. The molecule has 0 radical (unpaired) electrons. The molecular formula is C19H17N3OS. The van der Waals surface area contributed by atoms with Gasteiger partial charge in [-0.2, -0.15) is 5.10 Å². The van der Waals surface area contributed by atoms with Crippen LogP contribution in [-0.4, -0.2) is 21.9 Å². The van der Waals surface area contributed by atoms with Crippen molar-refractivity contribution in [2.24, 2.45) is 7.05 Å². The van der Waals surface area contributed by atoms with Crippen LogP contribution >= 0.6 is 11.8 Å². The fraction of sp³-hybridized carbons (Fsp3) is 0.158. The van der Waals surface area contributed by atoms with Crippen molar-refractivity contribution in [1.82, 2.24) is 14.8 Å². The van der Waals surface area contributed by atoms with Crippen LogP contribution in [-0.2, 0) is 7.05 Å². The van der Waals surface area contributed by atoms with E-state index in [-0.39, 0.29) is 0 Å². The Bertz CT molecular complexity index is 1040. The van der Waals surface area contributed by atoms with Crippen molar-refractivity contribution in [2.45, 2.75) is 16.7 Å². The molecule has 2 aromatic heterocycles. The van der Waals surface area contributed by atoms with Crippen molar-refractivity contribution in [3.8, 4) is 5.75 Å². The van der Waals surface area contributed by atoms with E-state index in [1.807, 2.05) is 36.9 Å². The maximum Gasteiger partial charge on any atom is 0.159 e. The smallest absolute Gasteiger partial charge is 0.159 e. The molecule has 2 heterocycles. The number of methoxy groups -OCH3 is 1. The first-order valence-corrected chi connectivity index (χ1v) is 8.53. The van der Waals surface area contributed by atoms with E-state index < -0.39 is 0 Å². The molecule has 0 unspecified atom stereocenters. The van der Waals surface area contributed by atoms with E-state index in [1.165, 1.54) is 4.90 Å². The third-order valence-corrected chi connectivity index (χ3v) is 5.21. The zero-order valence-electron chi connectivity index (χ0n) is 13.8. The Morgan fingerprint density at radius 1 is 1.04 bits per heavy atom. The molecule has 0 saturated heterocycles. The number of benzene rings is 2. The summed E-state index contributed by atoms with van der Waals surface area (Å²) < 4.78 is 7.11. The molecule has 0 spiro atoms. The number of nitrogens with zero attached hydrogens (tertiary/aromatic N) is 3. The highest BCUT2D eigenvalue weighted by atomic mass is 32.2. The molecule has 120 valence electrons. The largest absolute Gasteiger partial charge is 0.497 e. The van der Waals surface area contributed by atoms with Gasteiger partial charge >= 0.3 is 0 Å². The van der Waals surface area contributed by atoms with Gasteiger partial charge in [-0.15, -0.1) is 0 Å². The molecule has 0 amide bonds. The van der Waals surface area contributed by atoms with Gasteiger partial charge in [0, 0.05) is 22.2 Å². The Morgan fingerprint density at radius 2 is 1.79 bits per heavy atom. The third-order valence-electron chi connectivity index (χ3n) is 4.07. The Morgan fingerprint density at radius 3 is 2.54 bits per heavy atom. The minimum Gasteiger partial charge on any atom is -0.497 e. The van der Waals surface area contributed by atoms with E-state index in [4.69, 9.17) is 9.72 Å². The number of fused-ring (bicyclic) bond motifs is 2. The van der Waals surface area contributed by atoms with Crippen molar-refractivity contribution in [1.29, 1.82) is 0 Å². The lowest BCUT2D eigenvalue weighted by Gasteiger charge is -2.09. The van der Waals surface area contributed by atoms with Crippen LogP contribution in [0.3, 0.4) is 0 Å². The summed E-state index contributed by atoms with van der Waals surface area (Å²) in [4.78, 5) is 7.16. The molecule has 0 atom stereocenters. The highest BCUT2D eigenvalue weighted by Gasteiger charge is 2.16. The first-order valence-electron chi connectivity index (χ1n) is 7.71. The molecule has 2 aromatic carbocycles. The van der Waals surface area contributed by atoms with Crippen molar-refractivity contribution in [2.75, 3.05) is 7.11 Å². The Labute approximate surface area is 144 Å². The first-order chi connectivity index (χ1) is 11.7. The number of rotatable bonds is 3. The van der Waals surface area contributed by atoms with Gasteiger partial charge in [0.1, 0.15) is 5.75 Å². The predicted molar refractivity (Wildman–Crippen MR) is 97.9 cm³/mol. The fourth-order valence-electron chi connectivity index (χ4n) is 2.92. The minimum absolute atomic E-state index is 0.863. The van der Waals surface area contributed by atoms with Crippen LogP contribution in [0.1, 0.15) is 5.69 Å². The Kier molecular flexibility index (Phi) is 3.65. The van der Waals surface area contributed by atoms with Crippen LogP contribution < -0.4 is 4.74 Å². The van der Waals surface area contributed by atoms with Gasteiger partial charge in [-0.3, -0.25) is 4.68 Å². The van der Waals surface area contributed by atoms with Crippen molar-refractivity contribution in [3.05, 3.63) is 54.2 Å². The molecule has 0 aliphatic carbocycles. The zero-order valence-corrected chi connectivity index (χ0v) is 14.6. The summed E-state index contributed by atoms with van der Waals surface area (Å²) in [5, 5.41) is 6.84. The fourth-order valence-corrected chi connectivity index (χ4v) is 4.05. The SMILES string of the molecule is COc1ccc(Sc2c3ccccc3nc3c2c(C)nn3C)cc1. The second-order valence-corrected chi connectivity index (χ2v) is 6.73. The van der Waals surface area contributed by atoms with Crippen LogP contribution in [0, 0.1) is 6.92 Å². The lowest BCUT2D eigenvalue weighted by Crippen LogP contribution is -1.93. The summed E-state index contributed by atoms with van der Waals surface area (Å²) in [5.41, 5.74) is 2.91. The van der Waals surface area contributed by atoms with E-state index >= 15 is 0 Å². The maximum absolute atomic E-state index is 5.25. The van der Waals surface area contributed by atoms with Gasteiger partial charge < -0.3 is 4.74 Å². The van der Waals surface area contributed by atoms with Crippen molar-refractivity contribution in [3.63, 3.8) is 0 Å². The number of hydrogen-bond donors (Lipinski definition) is 0. The standard InChI is InChI=1S/C19H17N3OS/c1-12-17-18(24-14-10-8-13(23-3)9-11-14)15-6-4-5-7-16(15)20-19(17)22(2)21-12/h4-11H,1-3H3. The Balaban J connectivity index is 1.96. The number of pyridine rings is 1. The molecule has 4 nitrogen and oxygen atoms in total. The van der Waals surface area contributed by atoms with E-state index in [9.17, 15) is 0 Å². The molecule has 4 rings (SSSR count). The first kappa shape index (κ1) is 15.0. The normalized spacial score (nSPS) is 11.3. The van der Waals surface area contributed by atoms with Crippen LogP contribution in [0.15, 0.2) is 58.3 Å². The molecular weight excluding hydrogens is 318 g/mol. The maximum atomic E-state index is 5.25. The van der Waals surface area contributed by atoms with Crippen LogP contribution in [0.25, 0.3) is 21.9 Å². The van der Waals surface area contributed by atoms with Gasteiger partial charge in [-0.05, 0) is 37.3 Å². The number of hydrogen-bond acceptors (Lipinski definition) is 4. The summed E-state index contributed by atoms with van der Waals surface area (Å²) in [6, 6.07) is 16.4. The highest BCUT2D eigenvalue weighted by Crippen LogP contribution is 2.39. The van der Waals surface area contributed by atoms with Crippen LogP contribution in [0.2, 0.25) is 0 Å². The summed E-state index contributed by atoms with van der Waals surface area (Å²) in [5.74, 6) is 0.863. The van der Waals surface area contributed by atoms with Gasteiger partial charge in [0.2, 0.25) is 0 Å². The molecule has 5 heteroatoms. The monoisotopic (exact) mass is 335 g/mol. The van der Waals surface area contributed by atoms with Crippen molar-refractivity contribution >= 4 is 33.7 Å². The molecule has 0 aliphatic heterocycles. The average Bonchev–Trinajstić information content (AvgIpc) is 2.89. The van der Waals surface area contributed by atoms with Gasteiger partial charge in [0.25, 0.3) is 0 Å². The number of para-hydroxylation sites is 1. The lowest BCUT2D eigenvalue weighted by atomic mass is 10.1. The average molecular weight is 335 g/mol. The van der Waals surface area contributed by atoms with Crippen LogP contribution in [0.5, 0.6) is 5.75 Å². The molecule has 0 saturated carbocycles. The second kappa shape index (κ2) is 5.83. The Hall–Kier alpha value is -2.53. The number of ether oxygens (including phenoxy) is 1. The quantitative estimate of drug-likeness (QED) is 0.549. The van der Waals surface area contributed by atoms with Gasteiger partial charge in [0.15, 0.2) is 5.65 Å². The molecule has 0 fully saturated rings. The zero-order chi connectivity index (χ0) is 16.7. The second-order valence-electron chi connectivity index (χ2n) is 5.64. The van der Waals surface area contributed by atoms with Crippen molar-refractivity contribution < 1.29 is 4.74 Å². The molecule has 24 heavy (non-hydrogen) atoms. The van der Waals surface area contributed by atoms with Crippen LogP contribution in [0.4, 0.5) is 0 Å². The van der Waals surface area contributed by atoms with E-state index in [1.54, 1.807) is 18.9 Å². The predicted octanol–water partition coefficient (Wildman–Crippen LogP) is 4.59. The molecule has 4 aromatic rings. The summed E-state index contributed by atoms with van der Waals surface area (Å²) in [6.07, 6.45) is 0. The summed E-state index contributed by atoms with van der Waals surface area (Å²) in [7, 11) is 3.62. The topological polar surface area (TPSA) is 39.9 Å². The molecule has 0 N–H and O–H groups in total. The van der Waals surface area contributed by atoms with Gasteiger partial charge in [-0.1, -0.05) is 30.0 Å². The van der Waals surface area contributed by atoms with Gasteiger partial charge in [0.05, 0.1) is 23.7 Å². The number of aryl methyl sites for hydroxylation is 2.